The summed E-state index contributed by atoms with van der Waals surface area (Å²) in [7, 11) is 0. The maximum atomic E-state index is 9.60. The van der Waals surface area contributed by atoms with Crippen LogP contribution in [0, 0.1) is 0 Å². The Morgan fingerprint density at radius 3 is 2.56 bits per heavy atom. The third-order valence-corrected chi connectivity index (χ3v) is 5.04. The van der Waals surface area contributed by atoms with Crippen molar-refractivity contribution in [1.29, 1.82) is 0 Å². The zero-order valence-corrected chi connectivity index (χ0v) is 13.2. The highest BCUT2D eigenvalue weighted by Gasteiger charge is 2.31. The van der Waals surface area contributed by atoms with Crippen LogP contribution in [0.15, 0.2) is 0 Å². The van der Waals surface area contributed by atoms with Crippen LogP contribution in [0.2, 0.25) is 0 Å². The fourth-order valence-electron chi connectivity index (χ4n) is 2.74. The van der Waals surface area contributed by atoms with Crippen molar-refractivity contribution >= 4 is 11.8 Å². The summed E-state index contributed by atoms with van der Waals surface area (Å²) in [6.45, 7) is 11.9. The monoisotopic (exact) mass is 275 g/mol. The number of rotatable bonds is 7. The molecule has 1 aliphatic heterocycles. The summed E-state index contributed by atoms with van der Waals surface area (Å²) in [6.07, 6.45) is 2.51. The summed E-state index contributed by atoms with van der Waals surface area (Å²) < 4.78 is 5.60. The molecular weight excluding hydrogens is 246 g/mol. The van der Waals surface area contributed by atoms with Crippen LogP contribution in [-0.4, -0.2) is 46.5 Å². The predicted octanol–water partition coefficient (Wildman–Crippen LogP) is 2.42. The van der Waals surface area contributed by atoms with Crippen LogP contribution in [0.3, 0.4) is 0 Å². The first-order valence-corrected chi connectivity index (χ1v) is 7.96. The highest BCUT2D eigenvalue weighted by atomic mass is 32.2. The molecule has 1 rings (SSSR count). The third-order valence-electron chi connectivity index (χ3n) is 3.44. The molecule has 1 heterocycles. The lowest BCUT2D eigenvalue weighted by Crippen LogP contribution is -2.50. The van der Waals surface area contributed by atoms with E-state index in [0.717, 1.165) is 19.4 Å². The van der Waals surface area contributed by atoms with E-state index in [2.05, 4.69) is 39.9 Å². The van der Waals surface area contributed by atoms with Crippen molar-refractivity contribution in [3.8, 4) is 0 Å². The van der Waals surface area contributed by atoms with Crippen LogP contribution < -0.4 is 5.32 Å². The van der Waals surface area contributed by atoms with Gasteiger partial charge in [-0.3, -0.25) is 0 Å². The molecule has 1 saturated heterocycles. The number of aliphatic hydroxyl groups is 1. The maximum Gasteiger partial charge on any atom is 0.0666 e. The van der Waals surface area contributed by atoms with E-state index in [4.69, 9.17) is 4.74 Å². The zero-order chi connectivity index (χ0) is 13.8. The fourth-order valence-corrected chi connectivity index (χ4v) is 4.33. The van der Waals surface area contributed by atoms with Crippen LogP contribution in [-0.2, 0) is 4.74 Å². The lowest BCUT2D eigenvalue weighted by molar-refractivity contribution is 0.127. The van der Waals surface area contributed by atoms with Gasteiger partial charge < -0.3 is 15.2 Å². The highest BCUT2D eigenvalue weighted by molar-refractivity contribution is 8.00. The standard InChI is InChI=1S/C14H29NO2S/c1-10(2)15-14(5,9-16)8-11(3)18-13-6-7-17-12(13)4/h10-13,15-16H,6-9H2,1-5H3. The fraction of sp³-hybridized carbons (Fsp3) is 1.00. The second kappa shape index (κ2) is 7.13. The molecule has 18 heavy (non-hydrogen) atoms. The van der Waals surface area contributed by atoms with Crippen molar-refractivity contribution in [2.24, 2.45) is 0 Å². The molecule has 4 unspecified atom stereocenters. The summed E-state index contributed by atoms with van der Waals surface area (Å²) in [4.78, 5) is 0. The Balaban J connectivity index is 2.43. The van der Waals surface area contributed by atoms with E-state index in [9.17, 15) is 5.11 Å². The van der Waals surface area contributed by atoms with Gasteiger partial charge in [-0.1, -0.05) is 20.8 Å². The Hall–Kier alpha value is 0.230. The molecule has 0 aromatic heterocycles. The van der Waals surface area contributed by atoms with Crippen molar-refractivity contribution in [2.75, 3.05) is 13.2 Å². The topological polar surface area (TPSA) is 41.5 Å². The second-order valence-corrected chi connectivity index (χ2v) is 7.75. The highest BCUT2D eigenvalue weighted by Crippen LogP contribution is 2.32. The normalized spacial score (nSPS) is 29.5. The molecule has 4 atom stereocenters. The molecule has 0 aromatic carbocycles. The molecule has 0 radical (unpaired) electrons. The predicted molar refractivity (Wildman–Crippen MR) is 79.3 cm³/mol. The van der Waals surface area contributed by atoms with Gasteiger partial charge in [0.1, 0.15) is 0 Å². The number of hydrogen-bond acceptors (Lipinski definition) is 4. The quantitative estimate of drug-likeness (QED) is 0.749. The summed E-state index contributed by atoms with van der Waals surface area (Å²) in [6, 6.07) is 0.396. The van der Waals surface area contributed by atoms with Crippen molar-refractivity contribution in [1.82, 2.24) is 5.32 Å². The van der Waals surface area contributed by atoms with Crippen molar-refractivity contribution in [3.63, 3.8) is 0 Å². The molecular formula is C14H29NO2S. The van der Waals surface area contributed by atoms with Crippen molar-refractivity contribution < 1.29 is 9.84 Å². The molecule has 0 bridgehead atoms. The average molecular weight is 275 g/mol. The van der Waals surface area contributed by atoms with Gasteiger partial charge in [0.05, 0.1) is 12.7 Å². The lowest BCUT2D eigenvalue weighted by Gasteiger charge is -2.34. The molecule has 3 nitrogen and oxygen atoms in total. The Kier molecular flexibility index (Phi) is 6.45. The molecule has 0 aliphatic carbocycles. The molecule has 0 spiro atoms. The first-order chi connectivity index (χ1) is 8.36. The largest absolute Gasteiger partial charge is 0.394 e. The van der Waals surface area contributed by atoms with Gasteiger partial charge in [-0.05, 0) is 26.7 Å². The van der Waals surface area contributed by atoms with E-state index in [1.807, 2.05) is 11.8 Å². The minimum atomic E-state index is -0.177. The molecule has 0 saturated carbocycles. The number of hydrogen-bond donors (Lipinski definition) is 2. The van der Waals surface area contributed by atoms with Gasteiger partial charge in [-0.2, -0.15) is 11.8 Å². The average Bonchev–Trinajstić information content (AvgIpc) is 2.63. The number of ether oxygens (including phenoxy) is 1. The van der Waals surface area contributed by atoms with Gasteiger partial charge in [0, 0.05) is 28.7 Å². The number of aliphatic hydroxyl groups excluding tert-OH is 1. The van der Waals surface area contributed by atoms with Gasteiger partial charge in [0.25, 0.3) is 0 Å². The van der Waals surface area contributed by atoms with E-state index in [1.165, 1.54) is 0 Å². The van der Waals surface area contributed by atoms with E-state index < -0.39 is 0 Å². The first kappa shape index (κ1) is 16.3. The van der Waals surface area contributed by atoms with E-state index >= 15 is 0 Å². The molecule has 108 valence electrons. The van der Waals surface area contributed by atoms with E-state index in [0.29, 0.717) is 22.6 Å². The minimum absolute atomic E-state index is 0.177. The van der Waals surface area contributed by atoms with Gasteiger partial charge >= 0.3 is 0 Å². The molecule has 0 aromatic rings. The van der Waals surface area contributed by atoms with E-state index in [-0.39, 0.29) is 12.1 Å². The van der Waals surface area contributed by atoms with Gasteiger partial charge in [0.2, 0.25) is 0 Å². The lowest BCUT2D eigenvalue weighted by atomic mass is 9.96. The third kappa shape index (κ3) is 5.08. The first-order valence-electron chi connectivity index (χ1n) is 7.02. The molecule has 1 fully saturated rings. The molecule has 4 heteroatoms. The summed E-state index contributed by atoms with van der Waals surface area (Å²) in [5.41, 5.74) is -0.177. The molecule has 0 amide bonds. The Morgan fingerprint density at radius 1 is 1.44 bits per heavy atom. The van der Waals surface area contributed by atoms with Crippen LogP contribution in [0.25, 0.3) is 0 Å². The molecule has 2 N–H and O–H groups in total. The van der Waals surface area contributed by atoms with Crippen molar-refractivity contribution in [2.45, 2.75) is 75.6 Å². The van der Waals surface area contributed by atoms with Crippen LogP contribution in [0.1, 0.15) is 47.5 Å². The number of thioether (sulfide) groups is 1. The van der Waals surface area contributed by atoms with Gasteiger partial charge in [-0.25, -0.2) is 0 Å². The summed E-state index contributed by atoms with van der Waals surface area (Å²) in [5.74, 6) is 0. The maximum absolute atomic E-state index is 9.60. The summed E-state index contributed by atoms with van der Waals surface area (Å²) >= 11 is 2.01. The minimum Gasteiger partial charge on any atom is -0.394 e. The Labute approximate surface area is 116 Å². The Bertz CT molecular complexity index is 250. The summed E-state index contributed by atoms with van der Waals surface area (Å²) in [5, 5.41) is 14.2. The Morgan fingerprint density at radius 2 is 2.11 bits per heavy atom. The van der Waals surface area contributed by atoms with E-state index in [1.54, 1.807) is 0 Å². The zero-order valence-electron chi connectivity index (χ0n) is 12.4. The SMILES string of the molecule is CC(C)NC(C)(CO)CC(C)SC1CCOC1C. The smallest absolute Gasteiger partial charge is 0.0666 e. The second-order valence-electron chi connectivity index (χ2n) is 6.07. The van der Waals surface area contributed by atoms with Crippen LogP contribution in [0.4, 0.5) is 0 Å². The van der Waals surface area contributed by atoms with Gasteiger partial charge in [-0.15, -0.1) is 0 Å². The van der Waals surface area contributed by atoms with Crippen LogP contribution >= 0.6 is 11.8 Å². The van der Waals surface area contributed by atoms with Gasteiger partial charge in [0.15, 0.2) is 0 Å². The van der Waals surface area contributed by atoms with Crippen LogP contribution in [0.5, 0.6) is 0 Å². The number of nitrogens with one attached hydrogen (secondary N) is 1. The molecule has 1 aliphatic rings. The van der Waals surface area contributed by atoms with Crippen molar-refractivity contribution in [3.05, 3.63) is 0 Å².